The van der Waals surface area contributed by atoms with Gasteiger partial charge < -0.3 is 10.2 Å². The molecule has 0 radical (unpaired) electrons. The highest BCUT2D eigenvalue weighted by molar-refractivity contribution is 4.50. The van der Waals surface area contributed by atoms with E-state index in [0.717, 1.165) is 0 Å². The van der Waals surface area contributed by atoms with E-state index >= 15 is 0 Å². The van der Waals surface area contributed by atoms with Crippen molar-refractivity contribution in [3.8, 4) is 0 Å². The van der Waals surface area contributed by atoms with Crippen LogP contribution < -0.4 is 5.32 Å². The molecular formula is C20H46N2. The molecule has 2 heteroatoms. The molecule has 0 rings (SSSR count). The highest BCUT2D eigenvalue weighted by Crippen LogP contribution is 2.12. The van der Waals surface area contributed by atoms with Gasteiger partial charge in [-0.25, -0.2) is 0 Å². The SMILES string of the molecule is CCCCCCCCCCCCCCCCN(C)C.CNC. The van der Waals surface area contributed by atoms with Gasteiger partial charge in [0.15, 0.2) is 0 Å². The lowest BCUT2D eigenvalue weighted by molar-refractivity contribution is 0.389. The fraction of sp³-hybridized carbons (Fsp3) is 1.00. The predicted octanol–water partition coefficient (Wildman–Crippen LogP) is 5.86. The molecule has 0 amide bonds. The van der Waals surface area contributed by atoms with Crippen molar-refractivity contribution in [2.45, 2.75) is 96.8 Å². The van der Waals surface area contributed by atoms with Crippen molar-refractivity contribution in [3.63, 3.8) is 0 Å². The molecular weight excluding hydrogens is 268 g/mol. The Kier molecular flexibility index (Phi) is 25.5. The summed E-state index contributed by atoms with van der Waals surface area (Å²) in [5.74, 6) is 0. The molecule has 1 N–H and O–H groups in total. The molecule has 22 heavy (non-hydrogen) atoms. The van der Waals surface area contributed by atoms with E-state index in [1.54, 1.807) is 0 Å². The van der Waals surface area contributed by atoms with Crippen LogP contribution in [0.1, 0.15) is 96.8 Å². The number of hydrogen-bond acceptors (Lipinski definition) is 2. The number of unbranched alkanes of at least 4 members (excludes halogenated alkanes) is 13. The van der Waals surface area contributed by atoms with Crippen LogP contribution in [0.15, 0.2) is 0 Å². The minimum Gasteiger partial charge on any atom is -0.323 e. The fourth-order valence-corrected chi connectivity index (χ4v) is 2.62. The van der Waals surface area contributed by atoms with Crippen LogP contribution in [0.2, 0.25) is 0 Å². The maximum Gasteiger partial charge on any atom is -0.00248 e. The minimum absolute atomic E-state index is 1.26. The second kappa shape index (κ2) is 23.2. The Hall–Kier alpha value is -0.0800. The van der Waals surface area contributed by atoms with Gasteiger partial charge in [0.25, 0.3) is 0 Å². The largest absolute Gasteiger partial charge is 0.323 e. The number of nitrogens with zero attached hydrogens (tertiary/aromatic N) is 1. The number of nitrogens with one attached hydrogen (secondary N) is 1. The van der Waals surface area contributed by atoms with E-state index in [9.17, 15) is 0 Å². The van der Waals surface area contributed by atoms with E-state index in [-0.39, 0.29) is 0 Å². The summed E-state index contributed by atoms with van der Waals surface area (Å²) in [6.07, 6.45) is 20.3. The summed E-state index contributed by atoms with van der Waals surface area (Å²) in [4.78, 5) is 2.29. The van der Waals surface area contributed by atoms with Gasteiger partial charge in [-0.3, -0.25) is 0 Å². The average molecular weight is 315 g/mol. The lowest BCUT2D eigenvalue weighted by atomic mass is 10.0. The average Bonchev–Trinajstić information content (AvgIpc) is 2.48. The van der Waals surface area contributed by atoms with Crippen molar-refractivity contribution in [1.82, 2.24) is 10.2 Å². The topological polar surface area (TPSA) is 15.3 Å². The Labute approximate surface area is 142 Å². The maximum absolute atomic E-state index is 2.75. The third-order valence-corrected chi connectivity index (χ3v) is 3.96. The van der Waals surface area contributed by atoms with Crippen LogP contribution in [0.3, 0.4) is 0 Å². The van der Waals surface area contributed by atoms with Crippen molar-refractivity contribution in [1.29, 1.82) is 0 Å². The summed E-state index contributed by atoms with van der Waals surface area (Å²) >= 11 is 0. The smallest absolute Gasteiger partial charge is 0.00248 e. The number of hydrogen-bond donors (Lipinski definition) is 1. The summed E-state index contributed by atoms with van der Waals surface area (Å²) in [6, 6.07) is 0. The normalized spacial score (nSPS) is 10.6. The maximum atomic E-state index is 2.75. The van der Waals surface area contributed by atoms with Gasteiger partial charge in [0.05, 0.1) is 0 Å². The summed E-state index contributed by atoms with van der Waals surface area (Å²) in [5, 5.41) is 2.75. The first kappa shape index (κ1) is 24.2. The summed E-state index contributed by atoms with van der Waals surface area (Å²) in [5.41, 5.74) is 0. The molecule has 0 bridgehead atoms. The molecule has 0 aliphatic heterocycles. The van der Waals surface area contributed by atoms with Crippen LogP contribution in [0.25, 0.3) is 0 Å². The molecule has 0 saturated heterocycles. The Bertz CT molecular complexity index is 169. The zero-order valence-corrected chi connectivity index (χ0v) is 16.6. The minimum atomic E-state index is 1.26. The second-order valence-electron chi connectivity index (χ2n) is 6.90. The van der Waals surface area contributed by atoms with Crippen LogP contribution in [-0.2, 0) is 0 Å². The second-order valence-corrected chi connectivity index (χ2v) is 6.90. The Morgan fingerprint density at radius 2 is 0.818 bits per heavy atom. The Morgan fingerprint density at radius 1 is 0.545 bits per heavy atom. The molecule has 0 unspecified atom stereocenters. The van der Waals surface area contributed by atoms with Crippen molar-refractivity contribution in [2.24, 2.45) is 0 Å². The third kappa shape index (κ3) is 28.1. The molecule has 0 aromatic heterocycles. The van der Waals surface area contributed by atoms with Crippen molar-refractivity contribution >= 4 is 0 Å². The van der Waals surface area contributed by atoms with Crippen LogP contribution in [0.4, 0.5) is 0 Å². The first-order valence-electron chi connectivity index (χ1n) is 9.92. The molecule has 2 nitrogen and oxygen atoms in total. The van der Waals surface area contributed by atoms with E-state index < -0.39 is 0 Å². The highest BCUT2D eigenvalue weighted by Gasteiger charge is 1.94. The first-order chi connectivity index (χ1) is 10.7. The molecule has 0 atom stereocenters. The molecule has 0 heterocycles. The van der Waals surface area contributed by atoms with Gasteiger partial charge in [-0.2, -0.15) is 0 Å². The van der Waals surface area contributed by atoms with Gasteiger partial charge in [-0.1, -0.05) is 90.4 Å². The number of rotatable bonds is 15. The molecule has 0 aromatic carbocycles. The van der Waals surface area contributed by atoms with Crippen LogP contribution in [0, 0.1) is 0 Å². The van der Waals surface area contributed by atoms with Gasteiger partial charge in [-0.15, -0.1) is 0 Å². The molecule has 0 aromatic rings. The summed E-state index contributed by atoms with van der Waals surface area (Å²) in [7, 11) is 8.09. The van der Waals surface area contributed by atoms with Crippen molar-refractivity contribution in [3.05, 3.63) is 0 Å². The van der Waals surface area contributed by atoms with Crippen molar-refractivity contribution < 1.29 is 0 Å². The van der Waals surface area contributed by atoms with Crippen LogP contribution in [0.5, 0.6) is 0 Å². The standard InChI is InChI=1S/C18H39N.C2H7N/c1-4-5-6-7-8-9-10-11-12-13-14-15-16-17-18-19(2)3;1-3-2/h4-18H2,1-3H3;3H,1-2H3. The van der Waals surface area contributed by atoms with E-state index in [4.69, 9.17) is 0 Å². The quantitative estimate of drug-likeness (QED) is 0.381. The molecule has 0 aliphatic rings. The Balaban J connectivity index is 0. The van der Waals surface area contributed by atoms with E-state index in [1.165, 1.54) is 96.4 Å². The van der Waals surface area contributed by atoms with Crippen LogP contribution in [-0.4, -0.2) is 39.6 Å². The molecule has 0 fully saturated rings. The fourth-order valence-electron chi connectivity index (χ4n) is 2.62. The lowest BCUT2D eigenvalue weighted by Gasteiger charge is -2.08. The molecule has 0 spiro atoms. The van der Waals surface area contributed by atoms with Gasteiger partial charge >= 0.3 is 0 Å². The lowest BCUT2D eigenvalue weighted by Crippen LogP contribution is -2.12. The molecule has 0 saturated carbocycles. The summed E-state index contributed by atoms with van der Waals surface area (Å²) < 4.78 is 0. The Morgan fingerprint density at radius 3 is 1.09 bits per heavy atom. The van der Waals surface area contributed by atoms with Gasteiger partial charge in [-0.05, 0) is 41.2 Å². The third-order valence-electron chi connectivity index (χ3n) is 3.96. The predicted molar refractivity (Wildman–Crippen MR) is 104 cm³/mol. The molecule has 136 valence electrons. The van der Waals surface area contributed by atoms with E-state index in [2.05, 4.69) is 31.2 Å². The molecule has 0 aliphatic carbocycles. The first-order valence-corrected chi connectivity index (χ1v) is 9.92. The van der Waals surface area contributed by atoms with Crippen LogP contribution >= 0.6 is 0 Å². The zero-order chi connectivity index (χ0) is 16.9. The van der Waals surface area contributed by atoms with Gasteiger partial charge in [0.2, 0.25) is 0 Å². The summed E-state index contributed by atoms with van der Waals surface area (Å²) in [6.45, 7) is 3.55. The zero-order valence-electron chi connectivity index (χ0n) is 16.6. The van der Waals surface area contributed by atoms with Gasteiger partial charge in [0.1, 0.15) is 0 Å². The van der Waals surface area contributed by atoms with Crippen molar-refractivity contribution in [2.75, 3.05) is 34.7 Å². The van der Waals surface area contributed by atoms with E-state index in [1.807, 2.05) is 14.1 Å². The van der Waals surface area contributed by atoms with Gasteiger partial charge in [0, 0.05) is 0 Å². The highest BCUT2D eigenvalue weighted by atomic mass is 15.0. The van der Waals surface area contributed by atoms with E-state index in [0.29, 0.717) is 0 Å². The monoisotopic (exact) mass is 314 g/mol.